The number of esters is 1. The van der Waals surface area contributed by atoms with Gasteiger partial charge in [-0.25, -0.2) is 4.79 Å². The van der Waals surface area contributed by atoms with Crippen LogP contribution in [0.15, 0.2) is 47.6 Å². The molecule has 4 heterocycles. The van der Waals surface area contributed by atoms with E-state index in [1.165, 1.54) is 12.0 Å². The van der Waals surface area contributed by atoms with Crippen molar-refractivity contribution in [3.05, 3.63) is 47.6 Å². The van der Waals surface area contributed by atoms with E-state index < -0.39 is 97.0 Å². The zero-order valence-electron chi connectivity index (χ0n) is 43.7. The van der Waals surface area contributed by atoms with Crippen molar-refractivity contribution in [1.29, 1.82) is 0 Å². The summed E-state index contributed by atoms with van der Waals surface area (Å²) in [7, 11) is 1.74. The van der Waals surface area contributed by atoms with Crippen LogP contribution < -0.4 is 0 Å². The fourth-order valence-corrected chi connectivity index (χ4v) is 13.1. The first-order valence-electron chi connectivity index (χ1n) is 25.9. The molecule has 0 aromatic carbocycles. The molecule has 4 fully saturated rings. The van der Waals surface area contributed by atoms with Gasteiger partial charge in [-0.3, -0.25) is 23.7 Å². The molecule has 16 atom stereocenters. The molecule has 5 rings (SSSR count). The Morgan fingerprint density at radius 2 is 1.56 bits per heavy atom. The largest absolute Gasteiger partial charge is 0.460 e. The summed E-state index contributed by atoms with van der Waals surface area (Å²) < 4.78 is 49.6. The van der Waals surface area contributed by atoms with Gasteiger partial charge >= 0.3 is 5.97 Å². The molecule has 0 radical (unpaired) electrons. The number of carbonyl (C=O) groups is 5. The number of fused-ring (bicyclic) bond motifs is 4. The molecule has 4 aliphatic heterocycles. The number of amides is 1. The third-order valence-corrected chi connectivity index (χ3v) is 18.8. The Morgan fingerprint density at radius 3 is 2.21 bits per heavy atom. The van der Waals surface area contributed by atoms with Crippen LogP contribution in [0.5, 0.6) is 0 Å². The number of rotatable bonds is 9. The van der Waals surface area contributed by atoms with E-state index in [0.717, 1.165) is 5.57 Å². The van der Waals surface area contributed by atoms with Gasteiger partial charge < -0.3 is 43.3 Å². The molecular formula is C54H84NO14P. The summed E-state index contributed by atoms with van der Waals surface area (Å²) in [4.78, 5) is 72.8. The van der Waals surface area contributed by atoms with Crippen LogP contribution >= 0.6 is 7.37 Å². The molecule has 0 aromatic rings. The van der Waals surface area contributed by atoms with Gasteiger partial charge in [-0.1, -0.05) is 78.0 Å². The number of carbonyl (C=O) groups excluding carboxylic acids is 5. The van der Waals surface area contributed by atoms with Gasteiger partial charge in [0.05, 0.1) is 24.4 Å². The van der Waals surface area contributed by atoms with E-state index in [-0.39, 0.29) is 48.6 Å². The van der Waals surface area contributed by atoms with E-state index >= 15 is 0 Å². The van der Waals surface area contributed by atoms with Crippen LogP contribution in [0.2, 0.25) is 0 Å². The minimum Gasteiger partial charge on any atom is -0.460 e. The average Bonchev–Trinajstić information content (AvgIpc) is 3.34. The van der Waals surface area contributed by atoms with Crippen LogP contribution in [0, 0.1) is 41.4 Å². The number of aliphatic hydroxyl groups excluding tert-OH is 1. The molecule has 1 aliphatic carbocycles. The van der Waals surface area contributed by atoms with Crippen molar-refractivity contribution >= 4 is 36.6 Å². The van der Waals surface area contributed by atoms with Crippen molar-refractivity contribution in [2.24, 2.45) is 41.4 Å². The van der Waals surface area contributed by atoms with Crippen LogP contribution in [-0.2, 0) is 56.7 Å². The second-order valence-corrected chi connectivity index (χ2v) is 24.1. The summed E-state index contributed by atoms with van der Waals surface area (Å²) in [6.07, 6.45) is 11.9. The highest BCUT2D eigenvalue weighted by Gasteiger charge is 2.57. The van der Waals surface area contributed by atoms with Gasteiger partial charge in [0.15, 0.2) is 5.78 Å². The topological polar surface area (TPSA) is 201 Å². The van der Waals surface area contributed by atoms with E-state index in [1.54, 1.807) is 41.1 Å². The maximum Gasteiger partial charge on any atom is 0.329 e. The van der Waals surface area contributed by atoms with Crippen molar-refractivity contribution in [2.45, 2.75) is 181 Å². The first-order valence-corrected chi connectivity index (χ1v) is 27.9. The number of aliphatic hydroxyl groups is 2. The Kier molecular flexibility index (Phi) is 21.2. The molecular weight excluding hydrogens is 918 g/mol. The summed E-state index contributed by atoms with van der Waals surface area (Å²) in [6.45, 7) is 14.6. The standard InChI is InChI=1S/C54H84NO14P/c1-12-70(63,13-2)69-43-24-22-38(29-46(43)65-10)28-41-40-20-17-25-55-47(40)53(61)67-45(41)31-42(56)34(5)27-36(7)49(58)50(66-11)48(57)35(6)26-32(3)18-15-14-16-19-33(4)44(64-9)30-39-23-21-37(8)54(62,68-39)51(59)52(55)60/h14-16,18-19,27,32,34-35,37-41,43-47,49-50,58,62H,12-13,17,20-26,28-31H2,1-11H3/b16-14+,18-15+,33-19+,36-27+/t32-,34-,35?,37?,38?,39+,40?,41+,43-,44+,45+,46?,47?,49?,50+,54?/m1/s1. The number of Topliss-reactive ketones (excluding diaryl/α,β-unsaturated/α-hetero) is 3. The first-order chi connectivity index (χ1) is 33.1. The molecule has 15 nitrogen and oxygen atoms in total. The second kappa shape index (κ2) is 25.7. The monoisotopic (exact) mass is 1000 g/mol. The van der Waals surface area contributed by atoms with Crippen molar-refractivity contribution < 1.29 is 67.0 Å². The summed E-state index contributed by atoms with van der Waals surface area (Å²) in [6, 6.07) is -1.15. The molecule has 0 aromatic heterocycles. The van der Waals surface area contributed by atoms with Crippen LogP contribution in [0.3, 0.4) is 0 Å². The van der Waals surface area contributed by atoms with Crippen molar-refractivity contribution in [3.63, 3.8) is 0 Å². The second-order valence-electron chi connectivity index (χ2n) is 21.0. The summed E-state index contributed by atoms with van der Waals surface area (Å²) >= 11 is 0. The van der Waals surface area contributed by atoms with E-state index in [0.29, 0.717) is 82.1 Å². The van der Waals surface area contributed by atoms with Crippen LogP contribution in [0.1, 0.15) is 126 Å². The average molecular weight is 1000 g/mol. The van der Waals surface area contributed by atoms with Gasteiger partial charge in [-0.2, -0.15) is 0 Å². The molecule has 0 spiro atoms. The predicted octanol–water partition coefficient (Wildman–Crippen LogP) is 7.74. The molecule has 2 N–H and O–H groups in total. The van der Waals surface area contributed by atoms with E-state index in [9.17, 15) is 38.8 Å². The van der Waals surface area contributed by atoms with Gasteiger partial charge in [-0.15, -0.1) is 0 Å². The highest BCUT2D eigenvalue weighted by atomic mass is 31.2. The third kappa shape index (κ3) is 13.7. The molecule has 394 valence electrons. The van der Waals surface area contributed by atoms with Gasteiger partial charge in [0, 0.05) is 76.7 Å². The number of methoxy groups -OCH3 is 3. The van der Waals surface area contributed by atoms with E-state index in [2.05, 4.69) is 0 Å². The first kappa shape index (κ1) is 57.8. The SMILES string of the molecule is CCP(=O)(CC)O[C@@H]1CCC(C[C@H]2C3CCCN4C(=O)C(=O)C5(O)O[C@@H](CCC5C)C[C@H](OC)/C(C)=C/C=C/C=C/[C@@H](C)CC(C)C(=O)[C@H](OC)C(O)/C(C)=C/[C@@H](C)C(=O)C[C@@H]2OC(=O)C34)CC1OC. The quantitative estimate of drug-likeness (QED) is 0.0983. The number of ketones is 3. The Bertz CT molecular complexity index is 2010. The lowest BCUT2D eigenvalue weighted by atomic mass is 9.68. The Balaban J connectivity index is 1.51. The maximum atomic E-state index is 14.6. The normalized spacial score (nSPS) is 40.7. The third-order valence-electron chi connectivity index (χ3n) is 16.2. The molecule has 5 aliphatic rings. The summed E-state index contributed by atoms with van der Waals surface area (Å²) in [5, 5.41) is 23.6. The molecule has 8 unspecified atom stereocenters. The molecule has 3 saturated heterocycles. The Hall–Kier alpha value is -3.14. The number of allylic oxidation sites excluding steroid dienone is 6. The maximum absolute atomic E-state index is 14.6. The van der Waals surface area contributed by atoms with Gasteiger partial charge in [0.2, 0.25) is 13.2 Å². The summed E-state index contributed by atoms with van der Waals surface area (Å²) in [5.41, 5.74) is 1.27. The number of hydrogen-bond donors (Lipinski definition) is 2. The number of nitrogens with zero attached hydrogens (tertiary/aromatic N) is 1. The van der Waals surface area contributed by atoms with Crippen molar-refractivity contribution in [1.82, 2.24) is 4.90 Å². The predicted molar refractivity (Wildman–Crippen MR) is 266 cm³/mol. The number of piperidine rings is 1. The fourth-order valence-electron chi connectivity index (χ4n) is 11.6. The van der Waals surface area contributed by atoms with Gasteiger partial charge in [0.1, 0.15) is 30.1 Å². The smallest absolute Gasteiger partial charge is 0.329 e. The zero-order chi connectivity index (χ0) is 51.7. The van der Waals surface area contributed by atoms with Gasteiger partial charge in [0.25, 0.3) is 11.7 Å². The summed E-state index contributed by atoms with van der Waals surface area (Å²) in [5.74, 6) is -8.61. The zero-order valence-corrected chi connectivity index (χ0v) is 44.6. The molecule has 1 saturated carbocycles. The molecule has 1 amide bonds. The van der Waals surface area contributed by atoms with Crippen LogP contribution in [0.4, 0.5) is 0 Å². The minimum absolute atomic E-state index is 0.0150. The van der Waals surface area contributed by atoms with Gasteiger partial charge in [-0.05, 0) is 101 Å². The Labute approximate surface area is 417 Å². The minimum atomic E-state index is -2.84. The van der Waals surface area contributed by atoms with Crippen molar-refractivity contribution in [3.8, 4) is 0 Å². The highest BCUT2D eigenvalue weighted by Crippen LogP contribution is 2.51. The highest BCUT2D eigenvalue weighted by molar-refractivity contribution is 7.58. The molecule has 70 heavy (non-hydrogen) atoms. The van der Waals surface area contributed by atoms with E-state index in [4.69, 9.17) is 28.2 Å². The lowest BCUT2D eigenvalue weighted by Crippen LogP contribution is -2.65. The van der Waals surface area contributed by atoms with Crippen LogP contribution in [0.25, 0.3) is 0 Å². The lowest BCUT2D eigenvalue weighted by molar-refractivity contribution is -0.266. The van der Waals surface area contributed by atoms with E-state index in [1.807, 2.05) is 65.0 Å². The lowest BCUT2D eigenvalue weighted by Gasteiger charge is -2.50. The number of ether oxygens (including phenoxy) is 5. The Morgan fingerprint density at radius 1 is 0.843 bits per heavy atom. The molecule has 16 heteroatoms. The van der Waals surface area contributed by atoms with Crippen molar-refractivity contribution in [2.75, 3.05) is 40.2 Å². The molecule has 4 bridgehead atoms. The number of hydrogen-bond acceptors (Lipinski definition) is 14. The van der Waals surface area contributed by atoms with Crippen LogP contribution in [-0.4, -0.2) is 139 Å². The fraction of sp³-hybridized carbons (Fsp3) is 0.759.